The molecule has 2 aliphatic carbocycles. The Hall–Kier alpha value is -0.260. The quantitative estimate of drug-likeness (QED) is 0.760. The highest BCUT2D eigenvalue weighted by atomic mass is 79.9. The lowest BCUT2D eigenvalue weighted by molar-refractivity contribution is -0.186. The molecule has 0 radical (unpaired) electrons. The Balaban J connectivity index is 1.89. The Morgan fingerprint density at radius 3 is 2.50 bits per heavy atom. The van der Waals surface area contributed by atoms with Crippen molar-refractivity contribution in [3.8, 4) is 0 Å². The van der Waals surface area contributed by atoms with Crippen LogP contribution in [0.1, 0.15) is 44.9 Å². The summed E-state index contributed by atoms with van der Waals surface area (Å²) in [7, 11) is 0. The van der Waals surface area contributed by atoms with E-state index in [0.29, 0.717) is 18.8 Å². The minimum atomic E-state index is -4.16. The first-order valence-electron chi connectivity index (χ1n) is 7.35. The number of hydrogen-bond acceptors (Lipinski definition) is 1. The van der Waals surface area contributed by atoms with Crippen LogP contribution in [0.5, 0.6) is 0 Å². The highest BCUT2D eigenvalue weighted by molar-refractivity contribution is 9.09. The molecule has 2 aliphatic rings. The summed E-state index contributed by atoms with van der Waals surface area (Å²) in [6, 6.07) is 0.133. The van der Waals surface area contributed by atoms with Gasteiger partial charge >= 0.3 is 6.18 Å². The second-order valence-electron chi connectivity index (χ2n) is 6.06. The van der Waals surface area contributed by atoms with Gasteiger partial charge in [-0.3, -0.25) is 4.79 Å². The molecule has 2 fully saturated rings. The average molecular weight is 356 g/mol. The van der Waals surface area contributed by atoms with E-state index < -0.39 is 18.0 Å². The molecule has 20 heavy (non-hydrogen) atoms. The summed E-state index contributed by atoms with van der Waals surface area (Å²) < 4.78 is 38.3. The lowest BCUT2D eigenvalue weighted by Crippen LogP contribution is -2.43. The summed E-state index contributed by atoms with van der Waals surface area (Å²) in [5.74, 6) is -1.52. The van der Waals surface area contributed by atoms with Crippen molar-refractivity contribution in [1.29, 1.82) is 0 Å². The van der Waals surface area contributed by atoms with Gasteiger partial charge in [-0.05, 0) is 38.0 Å². The number of rotatable bonds is 3. The summed E-state index contributed by atoms with van der Waals surface area (Å²) in [4.78, 5) is 12.2. The van der Waals surface area contributed by atoms with Crippen LogP contribution in [0.3, 0.4) is 0 Å². The number of alkyl halides is 4. The van der Waals surface area contributed by atoms with E-state index in [1.165, 1.54) is 0 Å². The van der Waals surface area contributed by atoms with E-state index in [1.807, 2.05) is 0 Å². The van der Waals surface area contributed by atoms with E-state index in [2.05, 4.69) is 21.2 Å². The van der Waals surface area contributed by atoms with Crippen molar-refractivity contribution in [3.05, 3.63) is 0 Å². The molecule has 2 saturated carbocycles. The van der Waals surface area contributed by atoms with Gasteiger partial charge in [-0.2, -0.15) is 13.2 Å². The Labute approximate surface area is 126 Å². The molecule has 1 amide bonds. The molecule has 0 aromatic rings. The number of carbonyl (C=O) groups is 1. The first kappa shape index (κ1) is 16.1. The topological polar surface area (TPSA) is 29.1 Å². The predicted octanol–water partition coefficient (Wildman–Crippen LogP) is 4.03. The SMILES string of the molecule is O=C(NC1CCCC1CBr)C1CCCC(C(F)(F)F)C1. The third kappa shape index (κ3) is 3.89. The van der Waals surface area contributed by atoms with Crippen molar-refractivity contribution in [3.63, 3.8) is 0 Å². The Kier molecular flexibility index (Phi) is 5.37. The van der Waals surface area contributed by atoms with Crippen molar-refractivity contribution in [2.24, 2.45) is 17.8 Å². The standard InChI is InChI=1S/C14H21BrF3NO/c15-8-10-4-2-6-12(10)19-13(20)9-3-1-5-11(7-9)14(16,17)18/h9-12H,1-8H2,(H,19,20). The minimum absolute atomic E-state index is 0.0406. The average Bonchev–Trinajstić information content (AvgIpc) is 2.85. The van der Waals surface area contributed by atoms with Crippen molar-refractivity contribution in [1.82, 2.24) is 5.32 Å². The molecule has 1 N–H and O–H groups in total. The second-order valence-corrected chi connectivity index (χ2v) is 6.71. The van der Waals surface area contributed by atoms with Gasteiger partial charge in [0.15, 0.2) is 0 Å². The van der Waals surface area contributed by atoms with Crippen molar-refractivity contribution in [2.45, 2.75) is 57.2 Å². The largest absolute Gasteiger partial charge is 0.391 e. The molecular weight excluding hydrogens is 335 g/mol. The molecule has 4 atom stereocenters. The molecule has 2 nitrogen and oxygen atoms in total. The molecule has 0 bridgehead atoms. The number of hydrogen-bond donors (Lipinski definition) is 1. The molecule has 4 unspecified atom stereocenters. The number of carbonyl (C=O) groups excluding carboxylic acids is 1. The predicted molar refractivity (Wildman–Crippen MR) is 74.6 cm³/mol. The van der Waals surface area contributed by atoms with Gasteiger partial charge in [0, 0.05) is 17.3 Å². The molecule has 0 aromatic carbocycles. The molecule has 0 heterocycles. The Bertz CT molecular complexity index is 348. The van der Waals surface area contributed by atoms with E-state index in [9.17, 15) is 18.0 Å². The Morgan fingerprint density at radius 2 is 1.85 bits per heavy atom. The van der Waals surface area contributed by atoms with Crippen LogP contribution in [0, 0.1) is 17.8 Å². The van der Waals surface area contributed by atoms with E-state index in [1.54, 1.807) is 0 Å². The summed E-state index contributed by atoms with van der Waals surface area (Å²) in [6.45, 7) is 0. The van der Waals surface area contributed by atoms with Gasteiger partial charge in [-0.1, -0.05) is 28.8 Å². The van der Waals surface area contributed by atoms with Crippen LogP contribution in [0.15, 0.2) is 0 Å². The third-order valence-corrected chi connectivity index (χ3v) is 5.52. The van der Waals surface area contributed by atoms with Crippen LogP contribution in [0.2, 0.25) is 0 Å². The molecular formula is C14H21BrF3NO. The zero-order valence-electron chi connectivity index (χ0n) is 11.4. The van der Waals surface area contributed by atoms with Gasteiger partial charge in [0.25, 0.3) is 0 Å². The van der Waals surface area contributed by atoms with Crippen LogP contribution in [0.4, 0.5) is 13.2 Å². The van der Waals surface area contributed by atoms with Crippen LogP contribution in [-0.2, 0) is 4.79 Å². The lowest BCUT2D eigenvalue weighted by atomic mass is 9.80. The summed E-state index contributed by atoms with van der Waals surface area (Å²) in [5, 5.41) is 3.83. The van der Waals surface area contributed by atoms with Gasteiger partial charge < -0.3 is 5.32 Å². The van der Waals surface area contributed by atoms with Gasteiger partial charge in [-0.15, -0.1) is 0 Å². The smallest absolute Gasteiger partial charge is 0.353 e. The highest BCUT2D eigenvalue weighted by Gasteiger charge is 2.44. The number of halogens is 4. The van der Waals surface area contributed by atoms with Crippen molar-refractivity contribution >= 4 is 21.8 Å². The number of amides is 1. The van der Waals surface area contributed by atoms with E-state index in [4.69, 9.17) is 0 Å². The molecule has 2 rings (SSSR count). The van der Waals surface area contributed by atoms with Crippen molar-refractivity contribution < 1.29 is 18.0 Å². The molecule has 116 valence electrons. The normalized spacial score (nSPS) is 35.0. The highest BCUT2D eigenvalue weighted by Crippen LogP contribution is 2.40. The van der Waals surface area contributed by atoms with Crippen LogP contribution in [-0.4, -0.2) is 23.5 Å². The van der Waals surface area contributed by atoms with Gasteiger partial charge in [-0.25, -0.2) is 0 Å². The third-order valence-electron chi connectivity index (χ3n) is 4.69. The molecule has 0 aromatic heterocycles. The molecule has 6 heteroatoms. The van der Waals surface area contributed by atoms with Gasteiger partial charge in [0.2, 0.25) is 5.91 Å². The molecule has 0 aliphatic heterocycles. The van der Waals surface area contributed by atoms with E-state index >= 15 is 0 Å². The molecule has 0 saturated heterocycles. The van der Waals surface area contributed by atoms with Crippen LogP contribution in [0.25, 0.3) is 0 Å². The van der Waals surface area contributed by atoms with Crippen molar-refractivity contribution in [2.75, 3.05) is 5.33 Å². The number of nitrogens with one attached hydrogen (secondary N) is 1. The Morgan fingerprint density at radius 1 is 1.15 bits per heavy atom. The summed E-state index contributed by atoms with van der Waals surface area (Å²) in [6.07, 6.45) is 0.145. The van der Waals surface area contributed by atoms with Gasteiger partial charge in [0.05, 0.1) is 5.92 Å². The lowest BCUT2D eigenvalue weighted by Gasteiger charge is -2.31. The minimum Gasteiger partial charge on any atom is -0.353 e. The maximum Gasteiger partial charge on any atom is 0.391 e. The van der Waals surface area contributed by atoms with E-state index in [0.717, 1.165) is 24.6 Å². The molecule has 0 spiro atoms. The maximum absolute atomic E-state index is 12.8. The van der Waals surface area contributed by atoms with E-state index in [-0.39, 0.29) is 24.8 Å². The van der Waals surface area contributed by atoms with Crippen LogP contribution < -0.4 is 5.32 Å². The monoisotopic (exact) mass is 355 g/mol. The fourth-order valence-corrected chi connectivity index (χ4v) is 4.21. The first-order chi connectivity index (χ1) is 9.41. The fraction of sp³-hybridized carbons (Fsp3) is 0.929. The fourth-order valence-electron chi connectivity index (χ4n) is 3.44. The van der Waals surface area contributed by atoms with Gasteiger partial charge in [0.1, 0.15) is 0 Å². The van der Waals surface area contributed by atoms with Crippen LogP contribution >= 0.6 is 15.9 Å². The zero-order valence-corrected chi connectivity index (χ0v) is 13.0. The summed E-state index contributed by atoms with van der Waals surface area (Å²) >= 11 is 3.44. The summed E-state index contributed by atoms with van der Waals surface area (Å²) in [5.41, 5.74) is 0. The second kappa shape index (κ2) is 6.67. The zero-order chi connectivity index (χ0) is 14.8. The maximum atomic E-state index is 12.8. The first-order valence-corrected chi connectivity index (χ1v) is 8.47.